The Morgan fingerprint density at radius 2 is 1.00 bits per heavy atom. The first-order chi connectivity index (χ1) is 2.41. The fourth-order valence-corrected chi connectivity index (χ4v) is 0.0527. The van der Waals surface area contributed by atoms with Crippen molar-refractivity contribution in [2.24, 2.45) is 0 Å². The standard InChI is InChI=1S/CHO3P.3Na.6H2O.3H/c2-1-4-5-3;;;;;;;;;;;;/h1H;;;;6*1H2;;;. The van der Waals surface area contributed by atoms with Crippen molar-refractivity contribution in [3.05, 3.63) is 0 Å². The summed E-state index contributed by atoms with van der Waals surface area (Å²) in [7, 11) is -0.588. The van der Waals surface area contributed by atoms with Crippen LogP contribution in [0.15, 0.2) is 0 Å². The van der Waals surface area contributed by atoms with E-state index in [-0.39, 0.29) is 128 Å². The first-order valence-corrected chi connectivity index (χ1v) is 1.57. The predicted octanol–water partition coefficient (Wildman–Crippen LogP) is -6.53. The van der Waals surface area contributed by atoms with Gasteiger partial charge in [0.15, 0.2) is 0 Å². The van der Waals surface area contributed by atoms with Crippen molar-refractivity contribution >= 4 is 104 Å². The molecule has 0 aromatic carbocycles. The van der Waals surface area contributed by atoms with Crippen molar-refractivity contribution in [1.82, 2.24) is 0 Å². The summed E-state index contributed by atoms with van der Waals surface area (Å²) in [5.41, 5.74) is 0. The molecule has 0 aromatic heterocycles. The molecule has 82 valence electrons. The normalized spacial score (nSPS) is 2.57. The van der Waals surface area contributed by atoms with Crippen molar-refractivity contribution in [3.8, 4) is 0 Å². The minimum absolute atomic E-state index is 0. The number of carbonyl (C=O) groups excluding carboxylic acids is 1. The van der Waals surface area contributed by atoms with Crippen molar-refractivity contribution in [3.63, 3.8) is 0 Å². The van der Waals surface area contributed by atoms with Crippen LogP contribution in [0.3, 0.4) is 0 Å². The molecule has 0 saturated carbocycles. The predicted molar refractivity (Wildman–Crippen MR) is 57.9 cm³/mol. The first kappa shape index (κ1) is 95.8. The summed E-state index contributed by atoms with van der Waals surface area (Å²) in [5.74, 6) is 0. The van der Waals surface area contributed by atoms with Crippen molar-refractivity contribution in [2.75, 3.05) is 0 Å². The Kier molecular flexibility index (Phi) is 758. The van der Waals surface area contributed by atoms with Crippen LogP contribution >= 0.6 is 8.69 Å². The molecule has 0 aromatic rings. The Morgan fingerprint density at radius 3 is 1.00 bits per heavy atom. The van der Waals surface area contributed by atoms with Crippen LogP contribution in [0.5, 0.6) is 0 Å². The average Bonchev–Trinajstić information content (AvgIpc) is 1.41. The van der Waals surface area contributed by atoms with Gasteiger partial charge in [0.2, 0.25) is 0 Å². The Morgan fingerprint density at radius 1 is 0.786 bits per heavy atom. The van der Waals surface area contributed by atoms with E-state index in [1.165, 1.54) is 0 Å². The fourth-order valence-electron chi connectivity index (χ4n) is 0.0176. The van der Waals surface area contributed by atoms with Crippen molar-refractivity contribution in [2.45, 2.75) is 0 Å². The molecule has 0 bridgehead atoms. The van der Waals surface area contributed by atoms with Gasteiger partial charge in [0, 0.05) is 0 Å². The SMILES string of the molecule is O.O.O.O.O.O.O=COP=O.[NaH].[NaH].[NaH]. The van der Waals surface area contributed by atoms with Gasteiger partial charge in [-0.2, -0.15) is 0 Å². The van der Waals surface area contributed by atoms with E-state index in [4.69, 9.17) is 9.36 Å². The van der Waals surface area contributed by atoms with Gasteiger partial charge in [-0.15, -0.1) is 0 Å². The second-order valence-corrected chi connectivity index (χ2v) is 0.636. The third-order valence-corrected chi connectivity index (χ3v) is 0.258. The Bertz CT molecular complexity index is 49.3. The van der Waals surface area contributed by atoms with E-state index in [9.17, 15) is 0 Å². The molecule has 0 amide bonds. The maximum atomic E-state index is 9.05. The maximum absolute atomic E-state index is 9.05. The van der Waals surface area contributed by atoms with E-state index in [2.05, 4.69) is 4.52 Å². The zero-order valence-corrected chi connectivity index (χ0v) is 6.14. The molecule has 0 spiro atoms. The number of rotatable bonds is 2. The summed E-state index contributed by atoms with van der Waals surface area (Å²) < 4.78 is 12.6. The third-order valence-electron chi connectivity index (χ3n) is 0.0861. The van der Waals surface area contributed by atoms with Gasteiger partial charge in [-0.3, -0.25) is 4.79 Å². The van der Waals surface area contributed by atoms with Crippen LogP contribution < -0.4 is 0 Å². The summed E-state index contributed by atoms with van der Waals surface area (Å²) in [6.07, 6.45) is 0. The average molecular weight is 272 g/mol. The molecule has 13 heteroatoms. The zero-order chi connectivity index (χ0) is 4.12. The monoisotopic (exact) mass is 272 g/mol. The minimum atomic E-state index is -0.588. The van der Waals surface area contributed by atoms with Crippen LogP contribution in [0.4, 0.5) is 0 Å². The molecule has 0 unspecified atom stereocenters. The summed E-state index contributed by atoms with van der Waals surface area (Å²) in [6, 6.07) is 0. The van der Waals surface area contributed by atoms with Crippen LogP contribution in [-0.2, 0) is 13.9 Å². The van der Waals surface area contributed by atoms with E-state index in [1.54, 1.807) is 0 Å². The van der Waals surface area contributed by atoms with Gasteiger partial charge in [-0.05, 0) is 0 Å². The van der Waals surface area contributed by atoms with Gasteiger partial charge in [-0.25, -0.2) is 4.57 Å². The molecule has 0 radical (unpaired) electrons. The Hall–Kier alpha value is 2.33. The van der Waals surface area contributed by atoms with Gasteiger partial charge in [0.1, 0.15) is 0 Å². The Labute approximate surface area is 148 Å². The molecule has 0 atom stereocenters. The van der Waals surface area contributed by atoms with Gasteiger partial charge in [0.25, 0.3) is 0 Å². The summed E-state index contributed by atoms with van der Waals surface area (Å²) in [4.78, 5) is 8.98. The molecule has 0 aliphatic carbocycles. The van der Waals surface area contributed by atoms with E-state index in [1.807, 2.05) is 0 Å². The molecule has 0 fully saturated rings. The summed E-state index contributed by atoms with van der Waals surface area (Å²) in [5, 5.41) is 0. The molecule has 0 rings (SSSR count). The van der Waals surface area contributed by atoms with E-state index in [0.29, 0.717) is 0 Å². The fraction of sp³-hybridized carbons (Fsp3) is 0. The van der Waals surface area contributed by atoms with Crippen LogP contribution in [-0.4, -0.2) is 128 Å². The molecular formula is CH16Na3O9P. The molecular weight excluding hydrogens is 256 g/mol. The van der Waals surface area contributed by atoms with Crippen LogP contribution in [0.1, 0.15) is 0 Å². The van der Waals surface area contributed by atoms with Crippen LogP contribution in [0, 0.1) is 0 Å². The number of hydrogen-bond acceptors (Lipinski definition) is 3. The zero-order valence-electron chi connectivity index (χ0n) is 5.25. The van der Waals surface area contributed by atoms with E-state index < -0.39 is 8.69 Å². The van der Waals surface area contributed by atoms with Crippen LogP contribution in [0.2, 0.25) is 0 Å². The molecule has 12 N–H and O–H groups in total. The Balaban J connectivity index is -0.00000000222. The van der Waals surface area contributed by atoms with E-state index >= 15 is 0 Å². The van der Waals surface area contributed by atoms with Gasteiger partial charge >= 0.3 is 104 Å². The second-order valence-electron chi connectivity index (χ2n) is 0.276. The molecule has 0 saturated heterocycles. The topological polar surface area (TPSA) is 232 Å². The summed E-state index contributed by atoms with van der Waals surface area (Å²) in [6.45, 7) is 0.106. The molecule has 0 aliphatic heterocycles. The van der Waals surface area contributed by atoms with Crippen molar-refractivity contribution in [1.29, 1.82) is 0 Å². The van der Waals surface area contributed by atoms with Crippen molar-refractivity contribution < 1.29 is 46.7 Å². The molecule has 0 heterocycles. The first-order valence-electron chi connectivity index (χ1n) is 0.837. The molecule has 14 heavy (non-hydrogen) atoms. The van der Waals surface area contributed by atoms with Crippen LogP contribution in [0.25, 0.3) is 0 Å². The molecule has 9 nitrogen and oxygen atoms in total. The second kappa shape index (κ2) is 111. The quantitative estimate of drug-likeness (QED) is 0.271. The third kappa shape index (κ3) is 136. The number of hydrogen-bond donors (Lipinski definition) is 0. The number of carbonyl (C=O) groups is 1. The van der Waals surface area contributed by atoms with Gasteiger partial charge < -0.3 is 37.4 Å². The summed E-state index contributed by atoms with van der Waals surface area (Å²) >= 11 is 0. The van der Waals surface area contributed by atoms with E-state index in [0.717, 1.165) is 0 Å². The van der Waals surface area contributed by atoms with Gasteiger partial charge in [-0.1, -0.05) is 0 Å². The van der Waals surface area contributed by atoms with Gasteiger partial charge in [0.05, 0.1) is 0 Å². The molecule has 0 aliphatic rings.